The van der Waals surface area contributed by atoms with Gasteiger partial charge in [-0.3, -0.25) is 4.79 Å². The molecule has 2 heterocycles. The lowest BCUT2D eigenvalue weighted by Gasteiger charge is -2.14. The van der Waals surface area contributed by atoms with Gasteiger partial charge in [0.1, 0.15) is 17.5 Å². The van der Waals surface area contributed by atoms with E-state index in [0.29, 0.717) is 29.3 Å². The standard InChI is InChI=1S/C28H25F2N5O/c1-15-9-17(7-8-18-5-3-4-6-21(18)29)10-16(2)26(15)35-28(32)20(14-33-35)27(36)25-12-19-11-22(30)23(31)13-24(19)34-25/h3-6,9-14,34H,7-8,31-32H2,1-2H3. The van der Waals surface area contributed by atoms with Crippen LogP contribution in [0.2, 0.25) is 0 Å². The van der Waals surface area contributed by atoms with Gasteiger partial charge in [0.2, 0.25) is 5.78 Å². The monoisotopic (exact) mass is 485 g/mol. The molecule has 0 aliphatic carbocycles. The van der Waals surface area contributed by atoms with Gasteiger partial charge in [-0.1, -0.05) is 30.3 Å². The van der Waals surface area contributed by atoms with Crippen LogP contribution in [0.4, 0.5) is 20.3 Å². The van der Waals surface area contributed by atoms with E-state index in [1.54, 1.807) is 22.9 Å². The second-order valence-corrected chi connectivity index (χ2v) is 9.00. The number of carbonyl (C=O) groups is 1. The second kappa shape index (κ2) is 8.96. The minimum atomic E-state index is -0.545. The van der Waals surface area contributed by atoms with Gasteiger partial charge in [-0.05, 0) is 73.2 Å². The molecule has 0 bridgehead atoms. The van der Waals surface area contributed by atoms with Gasteiger partial charge in [0, 0.05) is 10.9 Å². The molecule has 6 nitrogen and oxygen atoms in total. The summed E-state index contributed by atoms with van der Waals surface area (Å²) >= 11 is 0. The number of nitrogen functional groups attached to an aromatic ring is 2. The number of rotatable bonds is 6. The summed E-state index contributed by atoms with van der Waals surface area (Å²) in [4.78, 5) is 16.2. The van der Waals surface area contributed by atoms with E-state index in [-0.39, 0.29) is 34.4 Å². The number of benzene rings is 3. The topological polar surface area (TPSA) is 103 Å². The highest BCUT2D eigenvalue weighted by Gasteiger charge is 2.21. The van der Waals surface area contributed by atoms with Crippen LogP contribution in [0.5, 0.6) is 0 Å². The van der Waals surface area contributed by atoms with Crippen molar-refractivity contribution in [3.8, 4) is 5.69 Å². The molecule has 0 atom stereocenters. The first-order valence-electron chi connectivity index (χ1n) is 11.5. The van der Waals surface area contributed by atoms with E-state index in [9.17, 15) is 13.6 Å². The van der Waals surface area contributed by atoms with Crippen LogP contribution in [0.25, 0.3) is 16.6 Å². The quantitative estimate of drug-likeness (QED) is 0.220. The van der Waals surface area contributed by atoms with Crippen LogP contribution < -0.4 is 11.5 Å². The lowest BCUT2D eigenvalue weighted by atomic mass is 9.98. The van der Waals surface area contributed by atoms with Gasteiger partial charge in [-0.2, -0.15) is 5.10 Å². The normalized spacial score (nSPS) is 11.3. The molecule has 0 saturated heterocycles. The summed E-state index contributed by atoms with van der Waals surface area (Å²) in [5.41, 5.74) is 17.5. The van der Waals surface area contributed by atoms with Crippen molar-refractivity contribution >= 4 is 28.2 Å². The first kappa shape index (κ1) is 23.3. The van der Waals surface area contributed by atoms with E-state index in [1.807, 2.05) is 32.0 Å². The van der Waals surface area contributed by atoms with E-state index < -0.39 is 5.82 Å². The number of hydrogen-bond acceptors (Lipinski definition) is 4. The number of anilines is 2. The molecular formula is C28H25F2N5O. The molecule has 0 saturated carbocycles. The summed E-state index contributed by atoms with van der Waals surface area (Å²) in [5, 5.41) is 4.93. The van der Waals surface area contributed by atoms with E-state index in [4.69, 9.17) is 11.5 Å². The number of H-pyrrole nitrogens is 1. The number of hydrogen-bond donors (Lipinski definition) is 3. The molecule has 0 fully saturated rings. The molecule has 36 heavy (non-hydrogen) atoms. The molecule has 0 radical (unpaired) electrons. The fourth-order valence-corrected chi connectivity index (χ4v) is 4.65. The van der Waals surface area contributed by atoms with Crippen LogP contribution in [-0.2, 0) is 12.8 Å². The molecule has 3 aromatic carbocycles. The predicted molar refractivity (Wildman–Crippen MR) is 137 cm³/mol. The zero-order valence-corrected chi connectivity index (χ0v) is 19.9. The number of ketones is 1. The first-order valence-corrected chi connectivity index (χ1v) is 11.5. The van der Waals surface area contributed by atoms with Gasteiger partial charge < -0.3 is 16.5 Å². The predicted octanol–water partition coefficient (Wildman–Crippen LogP) is 5.43. The largest absolute Gasteiger partial charge is 0.396 e. The molecular weight excluding hydrogens is 460 g/mol. The number of carbonyl (C=O) groups excluding carboxylic acids is 1. The van der Waals surface area contributed by atoms with Gasteiger partial charge >= 0.3 is 0 Å². The summed E-state index contributed by atoms with van der Waals surface area (Å²) in [7, 11) is 0. The molecule has 0 unspecified atom stereocenters. The minimum Gasteiger partial charge on any atom is -0.396 e. The zero-order chi connectivity index (χ0) is 25.6. The van der Waals surface area contributed by atoms with Crippen molar-refractivity contribution in [1.82, 2.24) is 14.8 Å². The highest BCUT2D eigenvalue weighted by molar-refractivity contribution is 6.12. The number of fused-ring (bicyclic) bond motifs is 1. The number of nitrogens with two attached hydrogens (primary N) is 2. The molecule has 5 aromatic rings. The molecule has 0 amide bonds. The SMILES string of the molecule is Cc1cc(CCc2ccccc2F)cc(C)c1-n1ncc(C(=O)c2cc3cc(F)c(N)cc3[nH]2)c1N. The summed E-state index contributed by atoms with van der Waals surface area (Å²) in [6.07, 6.45) is 2.71. The third kappa shape index (κ3) is 4.11. The van der Waals surface area contributed by atoms with Gasteiger partial charge in [-0.25, -0.2) is 13.5 Å². The van der Waals surface area contributed by atoms with E-state index in [2.05, 4.69) is 10.1 Å². The van der Waals surface area contributed by atoms with E-state index in [1.165, 1.54) is 24.4 Å². The Labute approximate surface area is 206 Å². The molecule has 5 N–H and O–H groups in total. The average Bonchev–Trinajstić information content (AvgIpc) is 3.41. The molecule has 2 aromatic heterocycles. The smallest absolute Gasteiger partial charge is 0.214 e. The third-order valence-corrected chi connectivity index (χ3v) is 6.44. The number of halogens is 2. The fraction of sp³-hybridized carbons (Fsp3) is 0.143. The molecule has 0 aliphatic rings. The lowest BCUT2D eigenvalue weighted by Crippen LogP contribution is -2.10. The number of aromatic nitrogens is 3. The van der Waals surface area contributed by atoms with Crippen molar-refractivity contribution in [2.75, 3.05) is 11.5 Å². The highest BCUT2D eigenvalue weighted by atomic mass is 19.1. The molecule has 5 rings (SSSR count). The van der Waals surface area contributed by atoms with Crippen LogP contribution in [0.1, 0.15) is 38.3 Å². The van der Waals surface area contributed by atoms with Crippen LogP contribution in [0.15, 0.2) is 60.8 Å². The van der Waals surface area contributed by atoms with Crippen molar-refractivity contribution in [2.45, 2.75) is 26.7 Å². The van der Waals surface area contributed by atoms with Crippen molar-refractivity contribution in [3.63, 3.8) is 0 Å². The van der Waals surface area contributed by atoms with Gasteiger partial charge in [-0.15, -0.1) is 0 Å². The van der Waals surface area contributed by atoms with Gasteiger partial charge in [0.15, 0.2) is 0 Å². The highest BCUT2D eigenvalue weighted by Crippen LogP contribution is 2.28. The van der Waals surface area contributed by atoms with Crippen LogP contribution >= 0.6 is 0 Å². The van der Waals surface area contributed by atoms with Gasteiger partial charge in [0.05, 0.1) is 28.8 Å². The Morgan fingerprint density at radius 3 is 2.42 bits per heavy atom. The molecule has 182 valence electrons. The fourth-order valence-electron chi connectivity index (χ4n) is 4.65. The number of aromatic amines is 1. The molecule has 8 heteroatoms. The maximum absolute atomic E-state index is 14.0. The molecule has 0 aliphatic heterocycles. The van der Waals surface area contributed by atoms with Crippen molar-refractivity contribution in [2.24, 2.45) is 0 Å². The summed E-state index contributed by atoms with van der Waals surface area (Å²) < 4.78 is 29.4. The Kier molecular flexibility index (Phi) is 5.80. The summed E-state index contributed by atoms with van der Waals surface area (Å²) in [5.74, 6) is -0.899. The van der Waals surface area contributed by atoms with E-state index in [0.717, 1.165) is 22.4 Å². The Morgan fingerprint density at radius 2 is 1.69 bits per heavy atom. The summed E-state index contributed by atoms with van der Waals surface area (Å²) in [6, 6.07) is 15.1. The summed E-state index contributed by atoms with van der Waals surface area (Å²) in [6.45, 7) is 3.91. The number of aryl methyl sites for hydroxylation is 4. The van der Waals surface area contributed by atoms with Crippen molar-refractivity contribution < 1.29 is 13.6 Å². The maximum Gasteiger partial charge on any atom is 0.214 e. The maximum atomic E-state index is 14.0. The van der Waals surface area contributed by atoms with Crippen LogP contribution in [0, 0.1) is 25.5 Å². The first-order chi connectivity index (χ1) is 17.2. The van der Waals surface area contributed by atoms with Crippen molar-refractivity contribution in [3.05, 3.63) is 106 Å². The Balaban J connectivity index is 1.43. The third-order valence-electron chi connectivity index (χ3n) is 6.44. The number of nitrogens with zero attached hydrogens (tertiary/aromatic N) is 2. The van der Waals surface area contributed by atoms with E-state index >= 15 is 0 Å². The number of nitrogens with one attached hydrogen (secondary N) is 1. The average molecular weight is 486 g/mol. The van der Waals surface area contributed by atoms with Gasteiger partial charge in [0.25, 0.3) is 0 Å². The second-order valence-electron chi connectivity index (χ2n) is 9.00. The minimum absolute atomic E-state index is 0.000942. The Bertz CT molecular complexity index is 1570. The Hall–Kier alpha value is -4.46. The van der Waals surface area contributed by atoms with Crippen LogP contribution in [-0.4, -0.2) is 20.5 Å². The lowest BCUT2D eigenvalue weighted by molar-refractivity contribution is 0.103. The van der Waals surface area contributed by atoms with Crippen molar-refractivity contribution in [1.29, 1.82) is 0 Å². The van der Waals surface area contributed by atoms with Crippen LogP contribution in [0.3, 0.4) is 0 Å². The zero-order valence-electron chi connectivity index (χ0n) is 19.9. The Morgan fingerprint density at radius 1 is 0.972 bits per heavy atom. The molecule has 0 spiro atoms.